The molecule has 332 valence electrons. The monoisotopic (exact) mass is 839 g/mol. The molecule has 0 aliphatic heterocycles. The molecular formula is C43H65N7O10. The van der Waals surface area contributed by atoms with Crippen LogP contribution < -0.4 is 26.6 Å². The van der Waals surface area contributed by atoms with E-state index in [1.54, 1.807) is 65.7 Å². The number of rotatable bonds is 19. The van der Waals surface area contributed by atoms with E-state index in [4.69, 9.17) is 14.2 Å². The van der Waals surface area contributed by atoms with Gasteiger partial charge in [0.15, 0.2) is 0 Å². The van der Waals surface area contributed by atoms with Crippen molar-refractivity contribution in [2.75, 3.05) is 7.11 Å². The van der Waals surface area contributed by atoms with Gasteiger partial charge in [-0.25, -0.2) is 14.6 Å². The van der Waals surface area contributed by atoms with E-state index < -0.39 is 83.1 Å². The standard InChI is InChI=1S/C43H65N7O10/c1-27(36(52)48-34(40(56)58-9)23-29-18-14-11-15-19-29)45-38(54)32(22-28-16-12-10-13-17-28)47-37(53)31(20-21-35(51)59-42(2,3)4)46-39(55)33(24-30-25-44-26-50(30)8)49-41(57)60-43(5,6)7/h11,14-15,18-19,25-28,31-34H,10,12-13,16-17,20-24H2,1-9H3,(H,45,54)(H,46,55)(H,47,53)(H,48,52)(H,49,57)/t27-,31-,32+,33+,34+/m1/s1. The van der Waals surface area contributed by atoms with Crippen LogP contribution >= 0.6 is 0 Å². The predicted octanol–water partition coefficient (Wildman–Crippen LogP) is 3.32. The molecule has 1 heterocycles. The van der Waals surface area contributed by atoms with Gasteiger partial charge in [-0.1, -0.05) is 62.4 Å². The molecule has 0 bridgehead atoms. The third-order valence-electron chi connectivity index (χ3n) is 9.79. The minimum Gasteiger partial charge on any atom is -0.467 e. The number of hydrogen-bond donors (Lipinski definition) is 5. The minimum absolute atomic E-state index is 0.0170. The Morgan fingerprint density at radius 2 is 1.32 bits per heavy atom. The van der Waals surface area contributed by atoms with Gasteiger partial charge >= 0.3 is 18.0 Å². The fourth-order valence-electron chi connectivity index (χ4n) is 6.77. The van der Waals surface area contributed by atoms with Gasteiger partial charge in [-0.05, 0) is 72.8 Å². The van der Waals surface area contributed by atoms with E-state index in [2.05, 4.69) is 31.6 Å². The highest BCUT2D eigenvalue weighted by Gasteiger charge is 2.34. The number of amides is 5. The molecule has 60 heavy (non-hydrogen) atoms. The number of alkyl carbamates (subject to hydrolysis) is 1. The van der Waals surface area contributed by atoms with Crippen LogP contribution in [0.5, 0.6) is 0 Å². The van der Waals surface area contributed by atoms with Crippen molar-refractivity contribution in [1.82, 2.24) is 36.1 Å². The van der Waals surface area contributed by atoms with Gasteiger partial charge in [0.2, 0.25) is 23.6 Å². The summed E-state index contributed by atoms with van der Waals surface area (Å²) in [5.74, 6) is -3.97. The average molecular weight is 840 g/mol. The first-order valence-corrected chi connectivity index (χ1v) is 20.6. The first-order valence-electron chi connectivity index (χ1n) is 20.6. The van der Waals surface area contributed by atoms with E-state index in [0.29, 0.717) is 5.69 Å². The maximum Gasteiger partial charge on any atom is 0.408 e. The number of aromatic nitrogens is 2. The summed E-state index contributed by atoms with van der Waals surface area (Å²) in [7, 11) is 2.95. The molecule has 1 aromatic carbocycles. The summed E-state index contributed by atoms with van der Waals surface area (Å²) in [5.41, 5.74) is -0.294. The Kier molecular flexibility index (Phi) is 18.6. The van der Waals surface area contributed by atoms with Gasteiger partial charge in [0.05, 0.1) is 13.4 Å². The number of ether oxygens (including phenoxy) is 3. The Morgan fingerprint density at radius 3 is 1.90 bits per heavy atom. The number of carbonyl (C=O) groups excluding carboxylic acids is 7. The van der Waals surface area contributed by atoms with Gasteiger partial charge in [0, 0.05) is 38.2 Å². The van der Waals surface area contributed by atoms with Crippen molar-refractivity contribution in [2.24, 2.45) is 13.0 Å². The number of nitrogens with one attached hydrogen (secondary N) is 5. The number of imidazole rings is 1. The molecule has 0 unspecified atom stereocenters. The Morgan fingerprint density at radius 1 is 0.733 bits per heavy atom. The molecule has 2 aromatic rings. The van der Waals surface area contributed by atoms with Crippen molar-refractivity contribution < 1.29 is 47.8 Å². The summed E-state index contributed by atoms with van der Waals surface area (Å²) in [5, 5.41) is 13.5. The Bertz CT molecular complexity index is 1760. The van der Waals surface area contributed by atoms with Crippen molar-refractivity contribution in [2.45, 2.75) is 154 Å². The molecule has 1 aliphatic carbocycles. The third-order valence-corrected chi connectivity index (χ3v) is 9.79. The van der Waals surface area contributed by atoms with E-state index >= 15 is 0 Å². The van der Waals surface area contributed by atoms with Crippen LogP contribution in [0.3, 0.4) is 0 Å². The van der Waals surface area contributed by atoms with Crippen LogP contribution in [0.25, 0.3) is 0 Å². The lowest BCUT2D eigenvalue weighted by molar-refractivity contribution is -0.155. The summed E-state index contributed by atoms with van der Waals surface area (Å²) < 4.78 is 17.5. The zero-order valence-electron chi connectivity index (χ0n) is 36.6. The van der Waals surface area contributed by atoms with E-state index in [1.807, 2.05) is 30.3 Å². The number of benzene rings is 1. The first-order chi connectivity index (χ1) is 28.1. The smallest absolute Gasteiger partial charge is 0.408 e. The highest BCUT2D eigenvalue weighted by atomic mass is 16.6. The molecule has 5 atom stereocenters. The Balaban J connectivity index is 1.87. The van der Waals surface area contributed by atoms with E-state index in [-0.39, 0.29) is 38.0 Å². The van der Waals surface area contributed by atoms with Gasteiger partial charge < -0.3 is 45.4 Å². The molecular weight excluding hydrogens is 775 g/mol. The zero-order chi connectivity index (χ0) is 44.6. The minimum atomic E-state index is -1.36. The number of methoxy groups -OCH3 is 1. The lowest BCUT2D eigenvalue weighted by atomic mass is 9.84. The Labute approximate surface area is 353 Å². The van der Waals surface area contributed by atoms with Crippen LogP contribution in [0.1, 0.15) is 111 Å². The van der Waals surface area contributed by atoms with Crippen molar-refractivity contribution >= 4 is 41.7 Å². The van der Waals surface area contributed by atoms with E-state index in [9.17, 15) is 33.6 Å². The van der Waals surface area contributed by atoms with Crippen LogP contribution in [0.15, 0.2) is 42.9 Å². The van der Waals surface area contributed by atoms with Crippen molar-refractivity contribution in [1.29, 1.82) is 0 Å². The molecule has 1 saturated carbocycles. The summed E-state index contributed by atoms with van der Waals surface area (Å²) in [6, 6.07) is 3.20. The number of aryl methyl sites for hydroxylation is 1. The second-order valence-corrected chi connectivity index (χ2v) is 17.4. The first kappa shape index (κ1) is 48.9. The number of hydrogen-bond acceptors (Lipinski definition) is 11. The largest absolute Gasteiger partial charge is 0.467 e. The highest BCUT2D eigenvalue weighted by Crippen LogP contribution is 2.27. The zero-order valence-corrected chi connectivity index (χ0v) is 36.6. The van der Waals surface area contributed by atoms with E-state index in [0.717, 1.165) is 37.7 Å². The molecule has 0 spiro atoms. The second-order valence-electron chi connectivity index (χ2n) is 17.4. The molecule has 0 radical (unpaired) electrons. The number of nitrogens with zero attached hydrogens (tertiary/aromatic N) is 2. The molecule has 5 amide bonds. The van der Waals surface area contributed by atoms with E-state index in [1.165, 1.54) is 14.0 Å². The SMILES string of the molecule is COC(=O)[C@H](Cc1ccccc1)NC(=O)[C@@H](C)NC(=O)[C@H](CC1CCCCC1)NC(=O)[C@@H](CCC(=O)OC(C)(C)C)NC(=O)[C@H](Cc1cncn1C)NC(=O)OC(C)(C)C. The second kappa shape index (κ2) is 22.8. The average Bonchev–Trinajstić information content (AvgIpc) is 3.57. The van der Waals surface area contributed by atoms with Crippen LogP contribution in [-0.4, -0.2) is 99.7 Å². The van der Waals surface area contributed by atoms with Gasteiger partial charge in [0.1, 0.15) is 41.4 Å². The third kappa shape index (κ3) is 17.4. The quantitative estimate of drug-likeness (QED) is 0.102. The maximum absolute atomic E-state index is 14.3. The van der Waals surface area contributed by atoms with Gasteiger partial charge in [-0.15, -0.1) is 0 Å². The van der Waals surface area contributed by atoms with Crippen LogP contribution in [0.4, 0.5) is 4.79 Å². The van der Waals surface area contributed by atoms with Crippen LogP contribution in [-0.2, 0) is 62.9 Å². The van der Waals surface area contributed by atoms with Gasteiger partial charge in [0.25, 0.3) is 0 Å². The Hall–Kier alpha value is -5.48. The number of esters is 2. The highest BCUT2D eigenvalue weighted by molar-refractivity contribution is 5.96. The fourth-order valence-corrected chi connectivity index (χ4v) is 6.77. The van der Waals surface area contributed by atoms with Gasteiger partial charge in [-0.3, -0.25) is 24.0 Å². The van der Waals surface area contributed by atoms with Crippen LogP contribution in [0.2, 0.25) is 0 Å². The van der Waals surface area contributed by atoms with Crippen LogP contribution in [0, 0.1) is 5.92 Å². The van der Waals surface area contributed by atoms with Crippen molar-refractivity contribution in [3.63, 3.8) is 0 Å². The maximum atomic E-state index is 14.3. The normalized spacial score (nSPS) is 15.8. The topological polar surface area (TPSA) is 225 Å². The summed E-state index contributed by atoms with van der Waals surface area (Å²) in [6.07, 6.45) is 6.78. The molecule has 1 aliphatic rings. The summed E-state index contributed by atoms with van der Waals surface area (Å²) in [4.78, 5) is 98.3. The number of carbonyl (C=O) groups is 7. The van der Waals surface area contributed by atoms with Crippen molar-refractivity contribution in [3.8, 4) is 0 Å². The summed E-state index contributed by atoms with van der Waals surface area (Å²) in [6.45, 7) is 11.6. The molecule has 3 rings (SSSR count). The van der Waals surface area contributed by atoms with Gasteiger partial charge in [-0.2, -0.15) is 0 Å². The molecule has 0 saturated heterocycles. The predicted molar refractivity (Wildman–Crippen MR) is 222 cm³/mol. The summed E-state index contributed by atoms with van der Waals surface area (Å²) >= 11 is 0. The van der Waals surface area contributed by atoms with Crippen molar-refractivity contribution in [3.05, 3.63) is 54.1 Å². The lowest BCUT2D eigenvalue weighted by Gasteiger charge is -2.30. The fraction of sp³-hybridized carbons (Fsp3) is 0.628. The molecule has 17 heteroatoms. The molecule has 1 aromatic heterocycles. The lowest BCUT2D eigenvalue weighted by Crippen LogP contribution is -2.59. The molecule has 5 N–H and O–H groups in total. The molecule has 1 fully saturated rings. The molecule has 17 nitrogen and oxygen atoms in total.